The third-order valence-corrected chi connectivity index (χ3v) is 3.28. The molecule has 1 aromatic rings. The van der Waals surface area contributed by atoms with Gasteiger partial charge in [-0.15, -0.1) is 0 Å². The lowest BCUT2D eigenvalue weighted by Crippen LogP contribution is -2.22. The molecule has 3 heteroatoms. The standard InChI is InChI=1S/C16H27NO2/c1-6-9-19-16-13(3)10-12(2)11-14(16)15(7-8-18)17(4)5/h10-11,15,18H,6-9H2,1-5H3. The fourth-order valence-electron chi connectivity index (χ4n) is 2.45. The summed E-state index contributed by atoms with van der Waals surface area (Å²) in [5.74, 6) is 0.986. The highest BCUT2D eigenvalue weighted by Gasteiger charge is 2.20. The summed E-state index contributed by atoms with van der Waals surface area (Å²) in [7, 11) is 4.09. The number of aliphatic hydroxyl groups is 1. The van der Waals surface area contributed by atoms with Gasteiger partial charge in [-0.3, -0.25) is 0 Å². The lowest BCUT2D eigenvalue weighted by Gasteiger charge is -2.27. The number of hydrogen-bond acceptors (Lipinski definition) is 3. The van der Waals surface area contributed by atoms with Crippen molar-refractivity contribution in [2.24, 2.45) is 0 Å². The Morgan fingerprint density at radius 1 is 1.26 bits per heavy atom. The minimum absolute atomic E-state index is 0.184. The molecule has 1 N–H and O–H groups in total. The van der Waals surface area contributed by atoms with E-state index < -0.39 is 0 Å². The molecular formula is C16H27NO2. The van der Waals surface area contributed by atoms with Crippen molar-refractivity contribution in [2.45, 2.75) is 39.7 Å². The van der Waals surface area contributed by atoms with Gasteiger partial charge in [0.15, 0.2) is 0 Å². The fourth-order valence-corrected chi connectivity index (χ4v) is 2.45. The van der Waals surface area contributed by atoms with Gasteiger partial charge in [0.1, 0.15) is 5.75 Å². The van der Waals surface area contributed by atoms with Gasteiger partial charge in [-0.2, -0.15) is 0 Å². The first-order valence-corrected chi connectivity index (χ1v) is 7.02. The normalized spacial score (nSPS) is 12.8. The first-order chi connectivity index (χ1) is 9.01. The first kappa shape index (κ1) is 16.0. The number of hydrogen-bond donors (Lipinski definition) is 1. The van der Waals surface area contributed by atoms with Crippen molar-refractivity contribution in [3.05, 3.63) is 28.8 Å². The van der Waals surface area contributed by atoms with Crippen LogP contribution in [0.2, 0.25) is 0 Å². The Hall–Kier alpha value is -1.06. The highest BCUT2D eigenvalue weighted by atomic mass is 16.5. The smallest absolute Gasteiger partial charge is 0.126 e. The maximum atomic E-state index is 9.28. The lowest BCUT2D eigenvalue weighted by atomic mass is 9.97. The average molecular weight is 265 g/mol. The highest BCUT2D eigenvalue weighted by molar-refractivity contribution is 5.45. The van der Waals surface area contributed by atoms with Crippen LogP contribution in [0, 0.1) is 13.8 Å². The minimum Gasteiger partial charge on any atom is -0.493 e. The molecule has 3 nitrogen and oxygen atoms in total. The Morgan fingerprint density at radius 3 is 2.47 bits per heavy atom. The Labute approximate surface area is 117 Å². The zero-order valence-electron chi connectivity index (χ0n) is 12.9. The molecule has 1 aromatic carbocycles. The largest absolute Gasteiger partial charge is 0.493 e. The molecule has 0 fully saturated rings. The molecule has 0 saturated heterocycles. The summed E-state index contributed by atoms with van der Waals surface area (Å²) in [6.07, 6.45) is 1.72. The van der Waals surface area contributed by atoms with Crippen LogP contribution in [-0.4, -0.2) is 37.3 Å². The molecule has 108 valence electrons. The van der Waals surface area contributed by atoms with Crippen LogP contribution in [0.25, 0.3) is 0 Å². The van der Waals surface area contributed by atoms with Gasteiger partial charge in [-0.05, 0) is 46.3 Å². The molecule has 0 saturated carbocycles. The van der Waals surface area contributed by atoms with Crippen LogP contribution < -0.4 is 4.74 Å². The van der Waals surface area contributed by atoms with Crippen LogP contribution in [0.3, 0.4) is 0 Å². The predicted molar refractivity (Wildman–Crippen MR) is 79.8 cm³/mol. The second-order valence-electron chi connectivity index (χ2n) is 5.34. The summed E-state index contributed by atoms with van der Waals surface area (Å²) in [4.78, 5) is 2.14. The van der Waals surface area contributed by atoms with Crippen molar-refractivity contribution in [1.82, 2.24) is 4.90 Å². The van der Waals surface area contributed by atoms with Crippen molar-refractivity contribution in [1.29, 1.82) is 0 Å². The Bertz CT molecular complexity index is 402. The fraction of sp³-hybridized carbons (Fsp3) is 0.625. The lowest BCUT2D eigenvalue weighted by molar-refractivity contribution is 0.205. The van der Waals surface area contributed by atoms with E-state index in [1.165, 1.54) is 16.7 Å². The second kappa shape index (κ2) is 7.51. The third-order valence-electron chi connectivity index (χ3n) is 3.28. The van der Waals surface area contributed by atoms with Crippen LogP contribution >= 0.6 is 0 Å². The van der Waals surface area contributed by atoms with E-state index >= 15 is 0 Å². The topological polar surface area (TPSA) is 32.7 Å². The zero-order chi connectivity index (χ0) is 14.4. The van der Waals surface area contributed by atoms with Crippen LogP contribution in [0.1, 0.15) is 42.5 Å². The van der Waals surface area contributed by atoms with E-state index in [2.05, 4.69) is 37.8 Å². The summed E-state index contributed by atoms with van der Waals surface area (Å²) in [5, 5.41) is 9.28. The third kappa shape index (κ3) is 4.22. The minimum atomic E-state index is 0.184. The summed E-state index contributed by atoms with van der Waals surface area (Å²) in [6.45, 7) is 7.22. The molecule has 0 amide bonds. The van der Waals surface area contributed by atoms with Gasteiger partial charge in [0.2, 0.25) is 0 Å². The van der Waals surface area contributed by atoms with Crippen LogP contribution in [-0.2, 0) is 0 Å². The zero-order valence-corrected chi connectivity index (χ0v) is 12.9. The van der Waals surface area contributed by atoms with Crippen molar-refractivity contribution >= 4 is 0 Å². The van der Waals surface area contributed by atoms with E-state index in [4.69, 9.17) is 4.74 Å². The van der Waals surface area contributed by atoms with Gasteiger partial charge >= 0.3 is 0 Å². The summed E-state index contributed by atoms with van der Waals surface area (Å²) >= 11 is 0. The second-order valence-corrected chi connectivity index (χ2v) is 5.34. The number of benzene rings is 1. The number of aryl methyl sites for hydroxylation is 2. The van der Waals surface area contributed by atoms with Crippen LogP contribution in [0.5, 0.6) is 5.75 Å². The van der Waals surface area contributed by atoms with E-state index in [-0.39, 0.29) is 12.6 Å². The molecule has 0 aliphatic rings. The van der Waals surface area contributed by atoms with Crippen molar-refractivity contribution in [2.75, 3.05) is 27.3 Å². The summed E-state index contributed by atoms with van der Waals surface area (Å²) < 4.78 is 5.94. The Balaban J connectivity index is 3.20. The highest BCUT2D eigenvalue weighted by Crippen LogP contribution is 2.34. The molecule has 1 atom stereocenters. The van der Waals surface area contributed by atoms with Gasteiger partial charge in [-0.1, -0.05) is 24.6 Å². The van der Waals surface area contributed by atoms with Gasteiger partial charge in [-0.25, -0.2) is 0 Å². The van der Waals surface area contributed by atoms with E-state index in [0.717, 1.165) is 25.2 Å². The Morgan fingerprint density at radius 2 is 1.95 bits per heavy atom. The number of ether oxygens (including phenoxy) is 1. The maximum Gasteiger partial charge on any atom is 0.126 e. The van der Waals surface area contributed by atoms with E-state index in [1.807, 2.05) is 14.1 Å². The molecule has 19 heavy (non-hydrogen) atoms. The number of aliphatic hydroxyl groups excluding tert-OH is 1. The molecular weight excluding hydrogens is 238 g/mol. The molecule has 0 aliphatic carbocycles. The SMILES string of the molecule is CCCOc1c(C)cc(C)cc1C(CCO)N(C)C. The van der Waals surface area contributed by atoms with Crippen LogP contribution in [0.4, 0.5) is 0 Å². The first-order valence-electron chi connectivity index (χ1n) is 7.02. The molecule has 1 rings (SSSR count). The van der Waals surface area contributed by atoms with E-state index in [0.29, 0.717) is 0 Å². The van der Waals surface area contributed by atoms with Crippen molar-refractivity contribution in [3.8, 4) is 5.75 Å². The molecule has 1 unspecified atom stereocenters. The molecule has 0 aromatic heterocycles. The predicted octanol–water partition coefficient (Wildman–Crippen LogP) is 3.08. The molecule has 0 aliphatic heterocycles. The van der Waals surface area contributed by atoms with Gasteiger partial charge in [0.05, 0.1) is 6.61 Å². The molecule has 0 bridgehead atoms. The Kier molecular flexibility index (Phi) is 6.32. The van der Waals surface area contributed by atoms with Gasteiger partial charge in [0.25, 0.3) is 0 Å². The van der Waals surface area contributed by atoms with E-state index in [9.17, 15) is 5.11 Å². The maximum absolute atomic E-state index is 9.28. The average Bonchev–Trinajstić information content (AvgIpc) is 2.33. The molecule has 0 heterocycles. The summed E-state index contributed by atoms with van der Waals surface area (Å²) in [6, 6.07) is 4.52. The monoisotopic (exact) mass is 265 g/mol. The number of nitrogens with zero attached hydrogens (tertiary/aromatic N) is 1. The quantitative estimate of drug-likeness (QED) is 0.822. The van der Waals surface area contributed by atoms with Crippen molar-refractivity contribution < 1.29 is 9.84 Å². The number of rotatable bonds is 7. The summed E-state index contributed by atoms with van der Waals surface area (Å²) in [5.41, 5.74) is 3.60. The van der Waals surface area contributed by atoms with Gasteiger partial charge in [0, 0.05) is 18.2 Å². The van der Waals surface area contributed by atoms with Gasteiger partial charge < -0.3 is 14.7 Å². The molecule has 0 spiro atoms. The van der Waals surface area contributed by atoms with Crippen LogP contribution in [0.15, 0.2) is 12.1 Å². The molecule has 0 radical (unpaired) electrons. The van der Waals surface area contributed by atoms with Crippen molar-refractivity contribution in [3.63, 3.8) is 0 Å². The van der Waals surface area contributed by atoms with E-state index in [1.54, 1.807) is 0 Å².